The van der Waals surface area contributed by atoms with E-state index >= 15 is 0 Å². The lowest BCUT2D eigenvalue weighted by molar-refractivity contribution is -0.125. The number of carbonyl (C=O) groups is 1. The molecular formula is C20H24Cl2N2O2. The second kappa shape index (κ2) is 9.81. The summed E-state index contributed by atoms with van der Waals surface area (Å²) in [5.41, 5.74) is 1.97. The van der Waals surface area contributed by atoms with Gasteiger partial charge in [0.25, 0.3) is 0 Å². The van der Waals surface area contributed by atoms with Gasteiger partial charge in [-0.2, -0.15) is 0 Å². The quantitative estimate of drug-likeness (QED) is 0.714. The van der Waals surface area contributed by atoms with Gasteiger partial charge in [-0.15, -0.1) is 0 Å². The van der Waals surface area contributed by atoms with E-state index in [0.717, 1.165) is 23.3 Å². The van der Waals surface area contributed by atoms with Crippen molar-refractivity contribution in [2.45, 2.75) is 32.5 Å². The Morgan fingerprint density at radius 3 is 2.31 bits per heavy atom. The van der Waals surface area contributed by atoms with E-state index < -0.39 is 0 Å². The maximum Gasteiger partial charge on any atom is 0.237 e. The minimum absolute atomic E-state index is 0.0393. The summed E-state index contributed by atoms with van der Waals surface area (Å²) in [5, 5.41) is 4.02. The first-order valence-electron chi connectivity index (χ1n) is 8.50. The summed E-state index contributed by atoms with van der Waals surface area (Å²) in [6.07, 6.45) is 0.778. The molecule has 0 heterocycles. The van der Waals surface area contributed by atoms with E-state index in [1.807, 2.05) is 56.3 Å². The van der Waals surface area contributed by atoms with Crippen molar-refractivity contribution in [1.29, 1.82) is 0 Å². The molecule has 1 N–H and O–H groups in total. The molecule has 6 heteroatoms. The molecule has 0 fully saturated rings. The Balaban J connectivity index is 1.85. The molecule has 140 valence electrons. The fourth-order valence-corrected chi connectivity index (χ4v) is 2.91. The SMILES string of the molecule is CC[C@@H](C(=O)NCc1ccc(OCc2ccc(Cl)c(Cl)c2)cc1)N(C)C. The summed E-state index contributed by atoms with van der Waals surface area (Å²) in [6.45, 7) is 2.91. The Kier molecular flexibility index (Phi) is 7.76. The monoisotopic (exact) mass is 394 g/mol. The van der Waals surface area contributed by atoms with Gasteiger partial charge in [-0.1, -0.05) is 48.3 Å². The molecule has 0 spiro atoms. The van der Waals surface area contributed by atoms with Gasteiger partial charge in [-0.3, -0.25) is 9.69 Å². The number of hydrogen-bond donors (Lipinski definition) is 1. The van der Waals surface area contributed by atoms with E-state index in [4.69, 9.17) is 27.9 Å². The zero-order chi connectivity index (χ0) is 19.1. The smallest absolute Gasteiger partial charge is 0.237 e. The number of hydrogen-bond acceptors (Lipinski definition) is 3. The van der Waals surface area contributed by atoms with Crippen LogP contribution in [0.2, 0.25) is 10.0 Å². The van der Waals surface area contributed by atoms with Gasteiger partial charge >= 0.3 is 0 Å². The standard InChI is InChI=1S/C20H24Cl2N2O2/c1-4-19(24(2)3)20(25)23-12-14-5-8-16(9-6-14)26-13-15-7-10-17(21)18(22)11-15/h5-11,19H,4,12-13H2,1-3H3,(H,23,25)/t19-/m0/s1. The number of halogens is 2. The normalized spacial score (nSPS) is 12.1. The van der Waals surface area contributed by atoms with Crippen molar-refractivity contribution >= 4 is 29.1 Å². The van der Waals surface area contributed by atoms with Gasteiger partial charge in [-0.25, -0.2) is 0 Å². The number of nitrogens with one attached hydrogen (secondary N) is 1. The van der Waals surface area contributed by atoms with Gasteiger partial charge in [0.05, 0.1) is 16.1 Å². The summed E-state index contributed by atoms with van der Waals surface area (Å²) in [6, 6.07) is 13.0. The Morgan fingerprint density at radius 2 is 1.73 bits per heavy atom. The molecule has 0 saturated heterocycles. The molecule has 2 aromatic rings. The molecule has 0 bridgehead atoms. The fraction of sp³-hybridized carbons (Fsp3) is 0.350. The summed E-state index contributed by atoms with van der Waals surface area (Å²) < 4.78 is 5.76. The number of carbonyl (C=O) groups excluding carboxylic acids is 1. The number of amides is 1. The molecule has 2 rings (SSSR count). The van der Waals surface area contributed by atoms with E-state index in [2.05, 4.69) is 5.32 Å². The van der Waals surface area contributed by atoms with Gasteiger partial charge in [0.15, 0.2) is 0 Å². The van der Waals surface area contributed by atoms with E-state index in [-0.39, 0.29) is 11.9 Å². The summed E-state index contributed by atoms with van der Waals surface area (Å²) in [4.78, 5) is 14.1. The highest BCUT2D eigenvalue weighted by Gasteiger charge is 2.17. The maximum atomic E-state index is 12.2. The molecule has 0 unspecified atom stereocenters. The lowest BCUT2D eigenvalue weighted by Gasteiger charge is -2.21. The van der Waals surface area contributed by atoms with Crippen molar-refractivity contribution < 1.29 is 9.53 Å². The van der Waals surface area contributed by atoms with Crippen LogP contribution in [0.3, 0.4) is 0 Å². The summed E-state index contributed by atoms with van der Waals surface area (Å²) >= 11 is 11.9. The minimum atomic E-state index is -0.108. The molecule has 0 aliphatic heterocycles. The van der Waals surface area contributed by atoms with Crippen LogP contribution in [0, 0.1) is 0 Å². The number of rotatable bonds is 8. The predicted molar refractivity (Wildman–Crippen MR) is 107 cm³/mol. The van der Waals surface area contributed by atoms with Crippen LogP contribution < -0.4 is 10.1 Å². The Labute approximate surface area is 165 Å². The van der Waals surface area contributed by atoms with Crippen LogP contribution in [0.4, 0.5) is 0 Å². The Morgan fingerprint density at radius 1 is 1.08 bits per heavy atom. The number of nitrogens with zero attached hydrogens (tertiary/aromatic N) is 1. The summed E-state index contributed by atoms with van der Waals surface area (Å²) in [7, 11) is 3.82. The van der Waals surface area contributed by atoms with Crippen LogP contribution in [0.25, 0.3) is 0 Å². The second-order valence-corrected chi connectivity index (χ2v) is 7.10. The number of ether oxygens (including phenoxy) is 1. The lowest BCUT2D eigenvalue weighted by Crippen LogP contribution is -2.42. The highest BCUT2D eigenvalue weighted by molar-refractivity contribution is 6.42. The molecule has 0 aromatic heterocycles. The first-order valence-corrected chi connectivity index (χ1v) is 9.26. The maximum absolute atomic E-state index is 12.2. The van der Waals surface area contributed by atoms with Gasteiger partial charge in [0.2, 0.25) is 5.91 Å². The lowest BCUT2D eigenvalue weighted by atomic mass is 10.1. The number of benzene rings is 2. The van der Waals surface area contributed by atoms with E-state index in [0.29, 0.717) is 23.2 Å². The Hall–Kier alpha value is -1.75. The molecule has 26 heavy (non-hydrogen) atoms. The highest BCUT2D eigenvalue weighted by atomic mass is 35.5. The average Bonchev–Trinajstić information content (AvgIpc) is 2.62. The molecule has 0 aliphatic rings. The van der Waals surface area contributed by atoms with Crippen molar-refractivity contribution in [2.75, 3.05) is 14.1 Å². The molecule has 0 aliphatic carbocycles. The fourth-order valence-electron chi connectivity index (χ4n) is 2.59. The third-order valence-corrected chi connectivity index (χ3v) is 4.83. The van der Waals surface area contributed by atoms with Crippen LogP contribution >= 0.6 is 23.2 Å². The van der Waals surface area contributed by atoms with Crippen molar-refractivity contribution in [1.82, 2.24) is 10.2 Å². The van der Waals surface area contributed by atoms with Crippen molar-refractivity contribution in [2.24, 2.45) is 0 Å². The second-order valence-electron chi connectivity index (χ2n) is 6.29. The van der Waals surface area contributed by atoms with Crippen LogP contribution in [-0.4, -0.2) is 30.9 Å². The van der Waals surface area contributed by atoms with Gasteiger partial charge in [-0.05, 0) is 55.9 Å². The van der Waals surface area contributed by atoms with Crippen LogP contribution in [-0.2, 0) is 17.9 Å². The first-order chi connectivity index (χ1) is 12.4. The zero-order valence-electron chi connectivity index (χ0n) is 15.3. The highest BCUT2D eigenvalue weighted by Crippen LogP contribution is 2.23. The molecule has 4 nitrogen and oxygen atoms in total. The number of likely N-dealkylation sites (N-methyl/N-ethyl adjacent to an activating group) is 1. The summed E-state index contributed by atoms with van der Waals surface area (Å²) in [5.74, 6) is 0.795. The third-order valence-electron chi connectivity index (χ3n) is 4.09. The van der Waals surface area contributed by atoms with Crippen molar-refractivity contribution in [3.63, 3.8) is 0 Å². The van der Waals surface area contributed by atoms with E-state index in [1.165, 1.54) is 0 Å². The van der Waals surface area contributed by atoms with Crippen molar-refractivity contribution in [3.05, 3.63) is 63.6 Å². The average molecular weight is 395 g/mol. The molecule has 2 aromatic carbocycles. The minimum Gasteiger partial charge on any atom is -0.489 e. The van der Waals surface area contributed by atoms with Crippen molar-refractivity contribution in [3.8, 4) is 5.75 Å². The van der Waals surface area contributed by atoms with Crippen LogP contribution in [0.5, 0.6) is 5.75 Å². The van der Waals surface area contributed by atoms with Gasteiger partial charge in [0.1, 0.15) is 12.4 Å². The first kappa shape index (κ1) is 20.6. The molecule has 1 atom stereocenters. The third kappa shape index (κ3) is 5.90. The largest absolute Gasteiger partial charge is 0.489 e. The predicted octanol–water partition coefficient (Wildman–Crippen LogP) is 4.53. The molecule has 0 saturated carbocycles. The zero-order valence-corrected chi connectivity index (χ0v) is 16.8. The van der Waals surface area contributed by atoms with E-state index in [9.17, 15) is 4.79 Å². The Bertz CT molecular complexity index is 733. The molecule has 0 radical (unpaired) electrons. The van der Waals surface area contributed by atoms with Crippen LogP contribution in [0.15, 0.2) is 42.5 Å². The topological polar surface area (TPSA) is 41.6 Å². The van der Waals surface area contributed by atoms with Gasteiger partial charge in [0, 0.05) is 6.54 Å². The molecular weight excluding hydrogens is 371 g/mol. The van der Waals surface area contributed by atoms with Gasteiger partial charge < -0.3 is 10.1 Å². The van der Waals surface area contributed by atoms with E-state index in [1.54, 1.807) is 12.1 Å². The van der Waals surface area contributed by atoms with Crippen LogP contribution in [0.1, 0.15) is 24.5 Å². The molecule has 1 amide bonds.